The highest BCUT2D eigenvalue weighted by molar-refractivity contribution is 6.06. The maximum atomic E-state index is 13.9. The van der Waals surface area contributed by atoms with Crippen LogP contribution in [0.15, 0.2) is 48.5 Å². The average Bonchev–Trinajstić information content (AvgIpc) is 2.48. The molecule has 5 heteroatoms. The Labute approximate surface area is 122 Å². The zero-order valence-corrected chi connectivity index (χ0v) is 11.5. The largest absolute Gasteiger partial charge is 0.508 e. The topological polar surface area (TPSA) is 66.6 Å². The number of carbonyl (C=O) groups is 1. The Morgan fingerprint density at radius 2 is 1.90 bits per heavy atom. The number of anilines is 1. The van der Waals surface area contributed by atoms with Gasteiger partial charge in [-0.3, -0.25) is 4.79 Å². The van der Waals surface area contributed by atoms with Gasteiger partial charge in [0.1, 0.15) is 11.6 Å². The molecule has 0 saturated heterocycles. The van der Waals surface area contributed by atoms with E-state index in [-0.39, 0.29) is 11.3 Å². The quantitative estimate of drug-likeness (QED) is 0.888. The van der Waals surface area contributed by atoms with Gasteiger partial charge in [-0.2, -0.15) is 0 Å². The number of aromatic hydroxyl groups is 1. The lowest BCUT2D eigenvalue weighted by Gasteiger charge is -2.23. The van der Waals surface area contributed by atoms with Gasteiger partial charge in [0, 0.05) is 18.3 Å². The van der Waals surface area contributed by atoms with E-state index in [9.17, 15) is 14.3 Å². The van der Waals surface area contributed by atoms with Gasteiger partial charge in [0.05, 0.1) is 5.56 Å². The lowest BCUT2D eigenvalue weighted by Crippen LogP contribution is -2.33. The molecule has 0 aliphatic carbocycles. The maximum Gasteiger partial charge on any atom is 0.261 e. The van der Waals surface area contributed by atoms with E-state index in [1.807, 2.05) is 18.2 Å². The number of phenols is 1. The predicted molar refractivity (Wildman–Crippen MR) is 79.9 cm³/mol. The molecular weight excluding hydrogens is 271 g/mol. The molecule has 21 heavy (non-hydrogen) atoms. The molecule has 1 amide bonds. The minimum atomic E-state index is -0.742. The molecular formula is C16H17FN2O2. The molecule has 0 bridgehead atoms. The molecule has 4 nitrogen and oxygen atoms in total. The van der Waals surface area contributed by atoms with E-state index < -0.39 is 11.7 Å². The molecule has 0 aromatic heterocycles. The van der Waals surface area contributed by atoms with Crippen molar-refractivity contribution in [2.75, 3.05) is 18.0 Å². The third kappa shape index (κ3) is 3.58. The van der Waals surface area contributed by atoms with Gasteiger partial charge in [0.15, 0.2) is 0 Å². The molecule has 0 atom stereocenters. The number of phenolic OH excluding ortho intramolecular Hbond substituents is 1. The van der Waals surface area contributed by atoms with Crippen molar-refractivity contribution in [2.24, 2.45) is 5.73 Å². The average molecular weight is 288 g/mol. The van der Waals surface area contributed by atoms with Crippen LogP contribution in [0.4, 0.5) is 10.1 Å². The molecule has 0 saturated carbocycles. The summed E-state index contributed by atoms with van der Waals surface area (Å²) in [4.78, 5) is 14.0. The normalized spacial score (nSPS) is 10.4. The van der Waals surface area contributed by atoms with Crippen LogP contribution in [0.2, 0.25) is 0 Å². The molecule has 0 aliphatic rings. The van der Waals surface area contributed by atoms with Crippen LogP contribution in [0.5, 0.6) is 5.75 Å². The van der Waals surface area contributed by atoms with Crippen LogP contribution in [0.3, 0.4) is 0 Å². The Morgan fingerprint density at radius 3 is 2.52 bits per heavy atom. The second kappa shape index (κ2) is 6.85. The molecule has 2 rings (SSSR count). The summed E-state index contributed by atoms with van der Waals surface area (Å²) in [6.45, 7) is 0.842. The van der Waals surface area contributed by atoms with Crippen LogP contribution in [-0.2, 0) is 0 Å². The monoisotopic (exact) mass is 288 g/mol. The van der Waals surface area contributed by atoms with Gasteiger partial charge in [0.2, 0.25) is 0 Å². The van der Waals surface area contributed by atoms with Crippen LogP contribution in [0.1, 0.15) is 16.8 Å². The second-order valence-electron chi connectivity index (χ2n) is 4.60. The highest BCUT2D eigenvalue weighted by Crippen LogP contribution is 2.21. The van der Waals surface area contributed by atoms with Crippen molar-refractivity contribution in [3.8, 4) is 5.75 Å². The van der Waals surface area contributed by atoms with E-state index in [4.69, 9.17) is 5.73 Å². The Morgan fingerprint density at radius 1 is 1.19 bits per heavy atom. The van der Waals surface area contributed by atoms with E-state index in [0.29, 0.717) is 25.2 Å². The number of hydrogen-bond acceptors (Lipinski definition) is 3. The summed E-state index contributed by atoms with van der Waals surface area (Å²) >= 11 is 0. The maximum absolute atomic E-state index is 13.9. The van der Waals surface area contributed by atoms with Gasteiger partial charge in [-0.1, -0.05) is 18.2 Å². The molecule has 0 spiro atoms. The van der Waals surface area contributed by atoms with E-state index in [1.165, 1.54) is 17.0 Å². The zero-order valence-electron chi connectivity index (χ0n) is 11.5. The number of carbonyl (C=O) groups excluding carboxylic acids is 1. The Hall–Kier alpha value is -2.40. The number of nitrogens with two attached hydrogens (primary N) is 1. The van der Waals surface area contributed by atoms with Crippen molar-refractivity contribution in [2.45, 2.75) is 6.42 Å². The fourth-order valence-corrected chi connectivity index (χ4v) is 2.03. The molecule has 0 fully saturated rings. The molecule has 0 unspecified atom stereocenters. The number of rotatable bonds is 5. The number of hydrogen-bond donors (Lipinski definition) is 2. The SMILES string of the molecule is NCCCN(C(=O)c1ccc(O)cc1F)c1ccccc1. The van der Waals surface area contributed by atoms with Crippen molar-refractivity contribution in [3.63, 3.8) is 0 Å². The molecule has 110 valence electrons. The standard InChI is InChI=1S/C16H17FN2O2/c17-15-11-13(20)7-8-14(15)16(21)19(10-4-9-18)12-5-2-1-3-6-12/h1-3,5-8,11,20H,4,9-10,18H2. The van der Waals surface area contributed by atoms with Gasteiger partial charge in [-0.25, -0.2) is 4.39 Å². The van der Waals surface area contributed by atoms with Crippen molar-refractivity contribution in [1.29, 1.82) is 0 Å². The summed E-state index contributed by atoms with van der Waals surface area (Å²) in [5, 5.41) is 9.23. The van der Waals surface area contributed by atoms with Gasteiger partial charge in [0.25, 0.3) is 5.91 Å². The first-order valence-electron chi connectivity index (χ1n) is 6.69. The van der Waals surface area contributed by atoms with Crippen LogP contribution >= 0.6 is 0 Å². The molecule has 3 N–H and O–H groups in total. The molecule has 0 heterocycles. The molecule has 2 aromatic carbocycles. The lowest BCUT2D eigenvalue weighted by atomic mass is 10.1. The zero-order chi connectivity index (χ0) is 15.2. The van der Waals surface area contributed by atoms with E-state index >= 15 is 0 Å². The highest BCUT2D eigenvalue weighted by atomic mass is 19.1. The van der Waals surface area contributed by atoms with Gasteiger partial charge < -0.3 is 15.7 Å². The highest BCUT2D eigenvalue weighted by Gasteiger charge is 2.20. The Bertz CT molecular complexity index is 617. The second-order valence-corrected chi connectivity index (χ2v) is 4.60. The van der Waals surface area contributed by atoms with Crippen LogP contribution in [0.25, 0.3) is 0 Å². The van der Waals surface area contributed by atoms with E-state index in [0.717, 1.165) is 6.07 Å². The summed E-state index contributed by atoms with van der Waals surface area (Å²) in [7, 11) is 0. The minimum Gasteiger partial charge on any atom is -0.508 e. The van der Waals surface area contributed by atoms with Crippen LogP contribution in [0, 0.1) is 5.82 Å². The minimum absolute atomic E-state index is 0.0753. The van der Waals surface area contributed by atoms with Crippen LogP contribution < -0.4 is 10.6 Å². The fraction of sp³-hybridized carbons (Fsp3) is 0.188. The van der Waals surface area contributed by atoms with Crippen LogP contribution in [-0.4, -0.2) is 24.1 Å². The first kappa shape index (κ1) is 15.0. The van der Waals surface area contributed by atoms with E-state index in [1.54, 1.807) is 12.1 Å². The van der Waals surface area contributed by atoms with Crippen molar-refractivity contribution < 1.29 is 14.3 Å². The van der Waals surface area contributed by atoms with Crippen molar-refractivity contribution in [3.05, 3.63) is 59.9 Å². The summed E-state index contributed by atoms with van der Waals surface area (Å²) in [6.07, 6.45) is 0.611. The number of halogens is 1. The number of benzene rings is 2. The summed E-state index contributed by atoms with van der Waals surface area (Å²) < 4.78 is 13.9. The third-order valence-corrected chi connectivity index (χ3v) is 3.08. The predicted octanol–water partition coefficient (Wildman–Crippen LogP) is 2.53. The first-order valence-corrected chi connectivity index (χ1v) is 6.69. The molecule has 0 radical (unpaired) electrons. The Kier molecular flexibility index (Phi) is 4.90. The van der Waals surface area contributed by atoms with Crippen molar-refractivity contribution in [1.82, 2.24) is 0 Å². The summed E-state index contributed by atoms with van der Waals surface area (Å²) in [5.41, 5.74) is 6.11. The van der Waals surface area contributed by atoms with Crippen molar-refractivity contribution >= 4 is 11.6 Å². The van der Waals surface area contributed by atoms with E-state index in [2.05, 4.69) is 0 Å². The summed E-state index contributed by atoms with van der Waals surface area (Å²) in [6, 6.07) is 12.5. The van der Waals surface area contributed by atoms with Gasteiger partial charge >= 0.3 is 0 Å². The first-order chi connectivity index (χ1) is 10.1. The summed E-state index contributed by atoms with van der Waals surface area (Å²) in [5.74, 6) is -1.40. The molecule has 2 aromatic rings. The number of amides is 1. The van der Waals surface area contributed by atoms with Gasteiger partial charge in [-0.05, 0) is 37.2 Å². The Balaban J connectivity index is 2.34. The molecule has 0 aliphatic heterocycles. The third-order valence-electron chi connectivity index (χ3n) is 3.08. The number of para-hydroxylation sites is 1. The fourth-order valence-electron chi connectivity index (χ4n) is 2.03. The number of nitrogens with zero attached hydrogens (tertiary/aromatic N) is 1. The smallest absolute Gasteiger partial charge is 0.261 e. The van der Waals surface area contributed by atoms with Gasteiger partial charge in [-0.15, -0.1) is 0 Å². The lowest BCUT2D eigenvalue weighted by molar-refractivity contribution is 0.0983.